The molecule has 0 bridgehead atoms. The number of aromatic nitrogens is 2. The van der Waals surface area contributed by atoms with Gasteiger partial charge in [0.05, 0.1) is 23.6 Å². The van der Waals surface area contributed by atoms with Crippen LogP contribution in [0.4, 0.5) is 0 Å². The third-order valence-electron chi connectivity index (χ3n) is 5.24. The summed E-state index contributed by atoms with van der Waals surface area (Å²) in [6.45, 7) is 10.3. The zero-order valence-corrected chi connectivity index (χ0v) is 21.0. The molecule has 3 aromatic rings. The van der Waals surface area contributed by atoms with E-state index in [-0.39, 0.29) is 15.7 Å². The first kappa shape index (κ1) is 24.9. The lowest BCUT2D eigenvalue weighted by Crippen LogP contribution is -2.05. The molecule has 2 heterocycles. The van der Waals surface area contributed by atoms with E-state index in [0.29, 0.717) is 45.2 Å². The molecule has 0 amide bonds. The first-order chi connectivity index (χ1) is 15.7. The highest BCUT2D eigenvalue weighted by atomic mass is 32.1. The molecule has 7 nitrogen and oxygen atoms in total. The smallest absolute Gasteiger partial charge is 0.347 e. The molecule has 2 N–H and O–H groups in total. The summed E-state index contributed by atoms with van der Waals surface area (Å²) in [5, 5.41) is 20.4. The summed E-state index contributed by atoms with van der Waals surface area (Å²) in [6.07, 6.45) is 1.60. The Morgan fingerprint density at radius 2 is 1.64 bits per heavy atom. The number of thiazole rings is 2. The molecule has 0 spiro atoms. The number of ether oxygens (including phenoxy) is 1. The van der Waals surface area contributed by atoms with Crippen LogP contribution < -0.4 is 4.74 Å². The fourth-order valence-corrected chi connectivity index (χ4v) is 5.40. The van der Waals surface area contributed by atoms with Crippen LogP contribution in [0.15, 0.2) is 18.2 Å². The van der Waals surface area contributed by atoms with Crippen LogP contribution >= 0.6 is 22.7 Å². The molecular weight excluding hydrogens is 460 g/mol. The van der Waals surface area contributed by atoms with Crippen LogP contribution in [0.5, 0.6) is 5.75 Å². The predicted octanol–water partition coefficient (Wildman–Crippen LogP) is 6.58. The zero-order chi connectivity index (χ0) is 24.3. The highest BCUT2D eigenvalue weighted by Crippen LogP contribution is 2.41. The van der Waals surface area contributed by atoms with Crippen LogP contribution in [0.3, 0.4) is 0 Å². The molecule has 0 aliphatic heterocycles. The van der Waals surface area contributed by atoms with Crippen molar-refractivity contribution in [3.05, 3.63) is 39.3 Å². The average Bonchev–Trinajstić information content (AvgIpc) is 3.37. The second kappa shape index (κ2) is 10.4. The Bertz CT molecular complexity index is 1160. The minimum absolute atomic E-state index is 0.0593. The Morgan fingerprint density at radius 1 is 1.00 bits per heavy atom. The molecule has 0 atom stereocenters. The summed E-state index contributed by atoms with van der Waals surface area (Å²) >= 11 is 2.26. The Kier molecular flexibility index (Phi) is 7.86. The molecule has 0 fully saturated rings. The molecule has 33 heavy (non-hydrogen) atoms. The van der Waals surface area contributed by atoms with Crippen molar-refractivity contribution in [2.24, 2.45) is 5.92 Å². The van der Waals surface area contributed by atoms with Crippen molar-refractivity contribution >= 4 is 34.6 Å². The van der Waals surface area contributed by atoms with Gasteiger partial charge in [0.2, 0.25) is 0 Å². The van der Waals surface area contributed by atoms with E-state index in [1.54, 1.807) is 6.92 Å². The summed E-state index contributed by atoms with van der Waals surface area (Å²) in [6, 6.07) is 5.53. The summed E-state index contributed by atoms with van der Waals surface area (Å²) in [4.78, 5) is 33.1. The summed E-state index contributed by atoms with van der Waals surface area (Å²) in [5.41, 5.74) is 2.48. The quantitative estimate of drug-likeness (QED) is 0.332. The predicted molar refractivity (Wildman–Crippen MR) is 131 cm³/mol. The number of carboxylic acids is 2. The second-order valence-corrected chi connectivity index (χ2v) is 10.2. The first-order valence-corrected chi connectivity index (χ1v) is 12.5. The van der Waals surface area contributed by atoms with Gasteiger partial charge in [0.25, 0.3) is 0 Å². The SMILES string of the molecule is CCC(CC)c1nc(-c2cc(-c3nc(C)c(C(=O)O)s3)ccc2OCC(C)C)sc1C(=O)O. The maximum atomic E-state index is 12.0. The molecule has 3 rings (SSSR count). The number of benzene rings is 1. The Hall–Kier alpha value is -2.78. The standard InChI is InChI=1S/C24H28N2O5S2/c1-6-14(7-2)18-20(24(29)30)33-22(26-18)16-10-15(8-9-17(16)31-11-12(3)4)21-25-13(5)19(32-21)23(27)28/h8-10,12,14H,6-7,11H2,1-5H3,(H,27,28)(H,29,30). The van der Waals surface area contributed by atoms with E-state index in [1.165, 1.54) is 0 Å². The largest absolute Gasteiger partial charge is 0.493 e. The molecule has 0 radical (unpaired) electrons. The van der Waals surface area contributed by atoms with Crippen LogP contribution in [0, 0.1) is 12.8 Å². The molecule has 0 aliphatic rings. The fourth-order valence-electron chi connectivity index (χ4n) is 3.48. The third kappa shape index (κ3) is 5.42. The second-order valence-electron chi connectivity index (χ2n) is 8.21. The van der Waals surface area contributed by atoms with E-state index < -0.39 is 11.9 Å². The van der Waals surface area contributed by atoms with Gasteiger partial charge in [-0.1, -0.05) is 27.7 Å². The molecule has 0 saturated carbocycles. The summed E-state index contributed by atoms with van der Waals surface area (Å²) < 4.78 is 6.04. The van der Waals surface area contributed by atoms with Crippen LogP contribution in [-0.2, 0) is 0 Å². The van der Waals surface area contributed by atoms with Gasteiger partial charge in [-0.2, -0.15) is 0 Å². The first-order valence-electron chi connectivity index (χ1n) is 10.9. The van der Waals surface area contributed by atoms with Crippen LogP contribution in [0.1, 0.15) is 77.2 Å². The van der Waals surface area contributed by atoms with E-state index >= 15 is 0 Å². The van der Waals surface area contributed by atoms with E-state index in [1.807, 2.05) is 32.0 Å². The number of aryl methyl sites for hydroxylation is 1. The van der Waals surface area contributed by atoms with Gasteiger partial charge in [-0.15, -0.1) is 22.7 Å². The Balaban J connectivity index is 2.16. The minimum Gasteiger partial charge on any atom is -0.493 e. The van der Waals surface area contributed by atoms with Crippen molar-refractivity contribution in [1.29, 1.82) is 0 Å². The zero-order valence-electron chi connectivity index (χ0n) is 19.3. The summed E-state index contributed by atoms with van der Waals surface area (Å²) in [5.74, 6) is -1.01. The number of rotatable bonds is 10. The Labute approximate surface area is 201 Å². The van der Waals surface area contributed by atoms with Gasteiger partial charge in [-0.25, -0.2) is 19.6 Å². The summed E-state index contributed by atoms with van der Waals surface area (Å²) in [7, 11) is 0. The van der Waals surface area contributed by atoms with Gasteiger partial charge >= 0.3 is 11.9 Å². The highest BCUT2D eigenvalue weighted by Gasteiger charge is 2.25. The van der Waals surface area contributed by atoms with Gasteiger partial charge in [-0.3, -0.25) is 0 Å². The maximum absolute atomic E-state index is 12.0. The van der Waals surface area contributed by atoms with Crippen LogP contribution in [0.2, 0.25) is 0 Å². The molecule has 0 aliphatic carbocycles. The van der Waals surface area contributed by atoms with Crippen LogP contribution in [-0.4, -0.2) is 38.7 Å². The van der Waals surface area contributed by atoms with Gasteiger partial charge in [0.1, 0.15) is 25.5 Å². The van der Waals surface area contributed by atoms with Crippen molar-refractivity contribution in [3.63, 3.8) is 0 Å². The van der Waals surface area contributed by atoms with Crippen molar-refractivity contribution in [2.45, 2.75) is 53.4 Å². The van der Waals surface area contributed by atoms with Crippen molar-refractivity contribution in [1.82, 2.24) is 9.97 Å². The lowest BCUT2D eigenvalue weighted by atomic mass is 9.98. The van der Waals surface area contributed by atoms with Crippen molar-refractivity contribution in [3.8, 4) is 26.9 Å². The third-order valence-corrected chi connectivity index (χ3v) is 7.53. The lowest BCUT2D eigenvalue weighted by Gasteiger charge is -2.13. The highest BCUT2D eigenvalue weighted by molar-refractivity contribution is 7.17. The molecule has 1 aromatic carbocycles. The van der Waals surface area contributed by atoms with Gasteiger partial charge in [-0.05, 0) is 43.9 Å². The molecule has 0 unspecified atom stereocenters. The topological polar surface area (TPSA) is 110 Å². The van der Waals surface area contributed by atoms with Gasteiger partial charge in [0, 0.05) is 11.5 Å². The number of hydrogen-bond donors (Lipinski definition) is 2. The number of hydrogen-bond acceptors (Lipinski definition) is 7. The lowest BCUT2D eigenvalue weighted by molar-refractivity contribution is 0.0689. The van der Waals surface area contributed by atoms with Gasteiger partial charge in [0.15, 0.2) is 0 Å². The Morgan fingerprint density at radius 3 is 2.18 bits per heavy atom. The number of nitrogens with zero attached hydrogens (tertiary/aromatic N) is 2. The molecule has 9 heteroatoms. The monoisotopic (exact) mass is 488 g/mol. The van der Waals surface area contributed by atoms with E-state index in [9.17, 15) is 19.8 Å². The average molecular weight is 489 g/mol. The van der Waals surface area contributed by atoms with Gasteiger partial charge < -0.3 is 14.9 Å². The number of aromatic carboxylic acids is 2. The van der Waals surface area contributed by atoms with E-state index in [2.05, 4.69) is 18.8 Å². The normalized spacial score (nSPS) is 11.4. The molecular formula is C24H28N2O5S2. The van der Waals surface area contributed by atoms with E-state index in [0.717, 1.165) is 41.1 Å². The van der Waals surface area contributed by atoms with Crippen LogP contribution in [0.25, 0.3) is 21.1 Å². The maximum Gasteiger partial charge on any atom is 0.347 e. The number of carboxylic acid groups (broad SMARTS) is 2. The van der Waals surface area contributed by atoms with Crippen molar-refractivity contribution < 1.29 is 24.5 Å². The van der Waals surface area contributed by atoms with E-state index in [4.69, 9.17) is 9.72 Å². The number of carbonyl (C=O) groups is 2. The minimum atomic E-state index is -1.01. The molecule has 176 valence electrons. The van der Waals surface area contributed by atoms with Crippen molar-refractivity contribution in [2.75, 3.05) is 6.61 Å². The molecule has 0 saturated heterocycles. The molecule has 2 aromatic heterocycles. The fraction of sp³-hybridized carbons (Fsp3) is 0.417.